The number of allylic oxidation sites excluding steroid dienone is 2. The molecule has 1 aliphatic carbocycles. The summed E-state index contributed by atoms with van der Waals surface area (Å²) in [5, 5.41) is 0. The van der Waals surface area contributed by atoms with E-state index in [4.69, 9.17) is 9.73 Å². The minimum Gasteiger partial charge on any atom is -0.462 e. The first-order valence-corrected chi connectivity index (χ1v) is 12.8. The van der Waals surface area contributed by atoms with E-state index >= 15 is 0 Å². The summed E-state index contributed by atoms with van der Waals surface area (Å²) in [5.41, 5.74) is 5.47. The molecule has 35 heavy (non-hydrogen) atoms. The van der Waals surface area contributed by atoms with E-state index < -0.39 is 5.92 Å². The third-order valence-corrected chi connectivity index (χ3v) is 7.15. The summed E-state index contributed by atoms with van der Waals surface area (Å²) in [6.45, 7) is 11.7. The SMILES string of the molecule is CCN(CC)c1ccc(C2C3=C(CC(c4ccccc4)CC3=O)N=C(C)C2C(=O)OC(C)C)cc1. The Labute approximate surface area is 208 Å². The number of hydrogen-bond donors (Lipinski definition) is 0. The van der Waals surface area contributed by atoms with Crippen LogP contribution in [0.5, 0.6) is 0 Å². The van der Waals surface area contributed by atoms with Crippen LogP contribution in [-0.4, -0.2) is 36.7 Å². The van der Waals surface area contributed by atoms with Crippen LogP contribution in [-0.2, 0) is 14.3 Å². The van der Waals surface area contributed by atoms with Crippen molar-refractivity contribution in [1.29, 1.82) is 0 Å². The van der Waals surface area contributed by atoms with E-state index in [1.54, 1.807) is 0 Å². The lowest BCUT2D eigenvalue weighted by atomic mass is 9.69. The lowest BCUT2D eigenvalue weighted by Crippen LogP contribution is -2.38. The molecule has 5 heteroatoms. The number of esters is 1. The maximum atomic E-state index is 13.7. The van der Waals surface area contributed by atoms with Gasteiger partial charge in [0.2, 0.25) is 0 Å². The second kappa shape index (κ2) is 10.6. The average Bonchev–Trinajstić information content (AvgIpc) is 2.84. The lowest BCUT2D eigenvalue weighted by molar-refractivity contribution is -0.150. The number of ketones is 1. The zero-order valence-corrected chi connectivity index (χ0v) is 21.5. The first kappa shape index (κ1) is 24.9. The molecule has 2 aliphatic rings. The van der Waals surface area contributed by atoms with Gasteiger partial charge in [-0.3, -0.25) is 14.6 Å². The Balaban J connectivity index is 1.77. The Kier molecular flexibility index (Phi) is 7.54. The normalized spacial score (nSPS) is 22.1. The highest BCUT2D eigenvalue weighted by molar-refractivity contribution is 6.09. The maximum Gasteiger partial charge on any atom is 0.315 e. The number of hydrogen-bond acceptors (Lipinski definition) is 5. The fourth-order valence-electron chi connectivity index (χ4n) is 5.47. The number of ether oxygens (including phenoxy) is 1. The first-order valence-electron chi connectivity index (χ1n) is 12.8. The largest absolute Gasteiger partial charge is 0.462 e. The minimum absolute atomic E-state index is 0.0801. The van der Waals surface area contributed by atoms with Gasteiger partial charge in [0.15, 0.2) is 5.78 Å². The molecular formula is C30H36N2O3. The van der Waals surface area contributed by atoms with Crippen LogP contribution in [0.4, 0.5) is 5.69 Å². The second-order valence-electron chi connectivity index (χ2n) is 9.76. The van der Waals surface area contributed by atoms with Gasteiger partial charge in [-0.15, -0.1) is 0 Å². The quantitative estimate of drug-likeness (QED) is 0.460. The van der Waals surface area contributed by atoms with E-state index in [0.29, 0.717) is 24.1 Å². The molecule has 2 aromatic carbocycles. The van der Waals surface area contributed by atoms with Crippen molar-refractivity contribution in [2.24, 2.45) is 10.9 Å². The molecule has 0 N–H and O–H groups in total. The Morgan fingerprint density at radius 1 is 1.00 bits per heavy atom. The van der Waals surface area contributed by atoms with Crippen molar-refractivity contribution in [2.45, 2.75) is 65.4 Å². The summed E-state index contributed by atoms with van der Waals surface area (Å²) in [6.07, 6.45) is 0.890. The van der Waals surface area contributed by atoms with Crippen LogP contribution in [0.2, 0.25) is 0 Å². The molecule has 3 unspecified atom stereocenters. The number of carbonyl (C=O) groups is 2. The fourth-order valence-corrected chi connectivity index (χ4v) is 5.47. The zero-order valence-electron chi connectivity index (χ0n) is 21.5. The molecular weight excluding hydrogens is 436 g/mol. The molecule has 0 aromatic heterocycles. The van der Waals surface area contributed by atoms with E-state index in [0.717, 1.165) is 35.6 Å². The molecule has 0 spiro atoms. The predicted octanol–water partition coefficient (Wildman–Crippen LogP) is 6.06. The van der Waals surface area contributed by atoms with Crippen molar-refractivity contribution in [3.63, 3.8) is 0 Å². The van der Waals surface area contributed by atoms with Crippen molar-refractivity contribution in [3.8, 4) is 0 Å². The summed E-state index contributed by atoms with van der Waals surface area (Å²) in [5.74, 6) is -1.12. The van der Waals surface area contributed by atoms with Crippen molar-refractivity contribution >= 4 is 23.2 Å². The Hall–Kier alpha value is -3.21. The van der Waals surface area contributed by atoms with Crippen molar-refractivity contribution < 1.29 is 14.3 Å². The molecule has 5 nitrogen and oxygen atoms in total. The third-order valence-electron chi connectivity index (χ3n) is 7.15. The molecule has 0 saturated carbocycles. The second-order valence-corrected chi connectivity index (χ2v) is 9.76. The van der Waals surface area contributed by atoms with E-state index in [-0.39, 0.29) is 29.7 Å². The number of aliphatic imine (C=N–C) groups is 1. The predicted molar refractivity (Wildman–Crippen MR) is 141 cm³/mol. The maximum absolute atomic E-state index is 13.7. The summed E-state index contributed by atoms with van der Waals surface area (Å²) < 4.78 is 5.65. The average molecular weight is 473 g/mol. The first-order chi connectivity index (χ1) is 16.8. The molecule has 2 aromatic rings. The number of Topliss-reactive ketones (excluding diaryl/α,β-unsaturated/α-hetero) is 1. The van der Waals surface area contributed by atoms with Crippen LogP contribution in [0, 0.1) is 5.92 Å². The standard InChI is InChI=1S/C30H36N2O3/c1-6-32(7-2)24-15-13-22(14-16-24)28-27(30(34)35-19(3)4)20(5)31-25-17-23(18-26(33)29(25)28)21-11-9-8-10-12-21/h8-16,19,23,27-28H,6-7,17-18H2,1-5H3. The fraction of sp³-hybridized carbons (Fsp3) is 0.433. The number of anilines is 1. The smallest absolute Gasteiger partial charge is 0.315 e. The lowest BCUT2D eigenvalue weighted by Gasteiger charge is -2.37. The van der Waals surface area contributed by atoms with Gasteiger partial charge in [-0.2, -0.15) is 0 Å². The highest BCUT2D eigenvalue weighted by atomic mass is 16.5. The summed E-state index contributed by atoms with van der Waals surface area (Å²) in [4.78, 5) is 34.1. The van der Waals surface area contributed by atoms with Gasteiger partial charge in [0, 0.05) is 48.1 Å². The number of carbonyl (C=O) groups excluding carboxylic acids is 2. The minimum atomic E-state index is -0.604. The molecule has 1 aliphatic heterocycles. The van der Waals surface area contributed by atoms with Crippen LogP contribution in [0.25, 0.3) is 0 Å². The molecule has 0 fully saturated rings. The van der Waals surface area contributed by atoms with Gasteiger partial charge in [0.05, 0.1) is 6.10 Å². The van der Waals surface area contributed by atoms with E-state index in [1.807, 2.05) is 39.0 Å². The van der Waals surface area contributed by atoms with Crippen LogP contribution in [0.15, 0.2) is 70.9 Å². The number of benzene rings is 2. The van der Waals surface area contributed by atoms with Gasteiger partial charge in [-0.25, -0.2) is 0 Å². The monoisotopic (exact) mass is 472 g/mol. The summed E-state index contributed by atoms with van der Waals surface area (Å²) >= 11 is 0. The molecule has 1 heterocycles. The third kappa shape index (κ3) is 5.09. The molecule has 184 valence electrons. The van der Waals surface area contributed by atoms with Crippen LogP contribution in [0.1, 0.15) is 70.4 Å². The van der Waals surface area contributed by atoms with Crippen molar-refractivity contribution in [3.05, 3.63) is 77.0 Å². The molecule has 0 radical (unpaired) electrons. The van der Waals surface area contributed by atoms with Gasteiger partial charge in [-0.05, 0) is 70.2 Å². The van der Waals surface area contributed by atoms with Crippen LogP contribution in [0.3, 0.4) is 0 Å². The molecule has 0 amide bonds. The van der Waals surface area contributed by atoms with E-state index in [9.17, 15) is 9.59 Å². The van der Waals surface area contributed by atoms with Gasteiger partial charge < -0.3 is 9.64 Å². The number of nitrogens with zero attached hydrogens (tertiary/aromatic N) is 2. The van der Waals surface area contributed by atoms with Gasteiger partial charge in [0.1, 0.15) is 5.92 Å². The Morgan fingerprint density at radius 2 is 1.66 bits per heavy atom. The van der Waals surface area contributed by atoms with Crippen LogP contribution < -0.4 is 4.90 Å². The summed E-state index contributed by atoms with van der Waals surface area (Å²) in [6, 6.07) is 18.5. The molecule has 0 saturated heterocycles. The van der Waals surface area contributed by atoms with Crippen molar-refractivity contribution in [2.75, 3.05) is 18.0 Å². The van der Waals surface area contributed by atoms with E-state index in [2.05, 4.69) is 55.1 Å². The molecule has 0 bridgehead atoms. The van der Waals surface area contributed by atoms with Gasteiger partial charge in [0.25, 0.3) is 0 Å². The van der Waals surface area contributed by atoms with Gasteiger partial charge >= 0.3 is 5.97 Å². The number of rotatable bonds is 7. The highest BCUT2D eigenvalue weighted by Gasteiger charge is 2.44. The van der Waals surface area contributed by atoms with Gasteiger partial charge in [-0.1, -0.05) is 42.5 Å². The Morgan fingerprint density at radius 3 is 2.26 bits per heavy atom. The highest BCUT2D eigenvalue weighted by Crippen LogP contribution is 2.47. The summed E-state index contributed by atoms with van der Waals surface area (Å²) in [7, 11) is 0. The molecule has 3 atom stereocenters. The van der Waals surface area contributed by atoms with Crippen LogP contribution >= 0.6 is 0 Å². The topological polar surface area (TPSA) is 59.0 Å². The van der Waals surface area contributed by atoms with E-state index in [1.165, 1.54) is 0 Å². The Bertz CT molecular complexity index is 1130. The zero-order chi connectivity index (χ0) is 25.1. The van der Waals surface area contributed by atoms with Crippen molar-refractivity contribution in [1.82, 2.24) is 0 Å². The molecule has 4 rings (SSSR count).